The van der Waals surface area contributed by atoms with Gasteiger partial charge in [0.1, 0.15) is 5.92 Å². The van der Waals surface area contributed by atoms with Gasteiger partial charge in [0.15, 0.2) is 0 Å². The molecule has 0 saturated heterocycles. The van der Waals surface area contributed by atoms with E-state index in [9.17, 15) is 9.59 Å². The van der Waals surface area contributed by atoms with E-state index >= 15 is 0 Å². The molecule has 1 heterocycles. The molecule has 0 radical (unpaired) electrons. The lowest BCUT2D eigenvalue weighted by Gasteiger charge is -2.04. The Labute approximate surface area is 74.0 Å². The van der Waals surface area contributed by atoms with Crippen molar-refractivity contribution in [2.75, 3.05) is 5.32 Å². The highest BCUT2D eigenvalue weighted by atomic mass is 16.4. The van der Waals surface area contributed by atoms with Crippen molar-refractivity contribution >= 4 is 17.6 Å². The molecule has 6 heteroatoms. The van der Waals surface area contributed by atoms with E-state index in [1.54, 1.807) is 0 Å². The third-order valence-corrected chi connectivity index (χ3v) is 1.53. The molecule has 0 aliphatic carbocycles. The van der Waals surface area contributed by atoms with E-state index in [2.05, 4.69) is 15.5 Å². The molecule has 1 atom stereocenters. The van der Waals surface area contributed by atoms with Crippen LogP contribution in [0, 0.1) is 5.92 Å². The summed E-state index contributed by atoms with van der Waals surface area (Å²) in [5.41, 5.74) is 0.457. The van der Waals surface area contributed by atoms with E-state index in [1.807, 2.05) is 0 Å². The highest BCUT2D eigenvalue weighted by molar-refractivity contribution is 6.03. The molecule has 0 bridgehead atoms. The number of aliphatic carboxylic acids is 1. The van der Waals surface area contributed by atoms with Crippen LogP contribution < -0.4 is 5.32 Å². The van der Waals surface area contributed by atoms with Crippen molar-refractivity contribution in [1.82, 2.24) is 10.2 Å². The van der Waals surface area contributed by atoms with Crippen LogP contribution in [-0.4, -0.2) is 27.2 Å². The second-order valence-corrected chi connectivity index (χ2v) is 2.54. The van der Waals surface area contributed by atoms with Gasteiger partial charge in [-0.25, -0.2) is 0 Å². The van der Waals surface area contributed by atoms with Gasteiger partial charge >= 0.3 is 5.97 Å². The molecule has 0 spiro atoms. The number of rotatable bonds is 3. The number of carbonyl (C=O) groups excluding carboxylic acids is 1. The quantitative estimate of drug-likeness (QED) is 0.578. The molecule has 1 aromatic heterocycles. The molecule has 6 nitrogen and oxygen atoms in total. The Balaban J connectivity index is 2.56. The Morgan fingerprint density at radius 3 is 2.85 bits per heavy atom. The smallest absolute Gasteiger partial charge is 0.315 e. The predicted octanol–water partition coefficient (Wildman–Crippen LogP) is 0.0689. The summed E-state index contributed by atoms with van der Waals surface area (Å²) in [6.07, 6.45) is 2.86. The molecular weight excluding hydrogens is 174 g/mol. The maximum absolute atomic E-state index is 11.1. The van der Waals surface area contributed by atoms with E-state index in [0.29, 0.717) is 5.69 Å². The van der Waals surface area contributed by atoms with Gasteiger partial charge in [-0.05, 0) is 6.92 Å². The van der Waals surface area contributed by atoms with Crippen molar-refractivity contribution < 1.29 is 14.7 Å². The zero-order chi connectivity index (χ0) is 9.84. The third-order valence-electron chi connectivity index (χ3n) is 1.53. The van der Waals surface area contributed by atoms with Gasteiger partial charge in [0, 0.05) is 6.20 Å². The van der Waals surface area contributed by atoms with Gasteiger partial charge < -0.3 is 10.4 Å². The molecule has 0 aromatic carbocycles. The summed E-state index contributed by atoms with van der Waals surface area (Å²) in [5.74, 6) is -2.77. The third kappa shape index (κ3) is 2.29. The predicted molar refractivity (Wildman–Crippen MR) is 44.0 cm³/mol. The highest BCUT2D eigenvalue weighted by Crippen LogP contribution is 2.04. The highest BCUT2D eigenvalue weighted by Gasteiger charge is 2.20. The summed E-state index contributed by atoms with van der Waals surface area (Å²) in [6, 6.07) is 0. The van der Waals surface area contributed by atoms with Crippen LogP contribution in [0.3, 0.4) is 0 Å². The Morgan fingerprint density at radius 2 is 2.38 bits per heavy atom. The van der Waals surface area contributed by atoms with Gasteiger partial charge in [-0.3, -0.25) is 14.7 Å². The molecule has 0 aliphatic rings. The average molecular weight is 183 g/mol. The number of carboxylic acids is 1. The van der Waals surface area contributed by atoms with E-state index in [-0.39, 0.29) is 0 Å². The molecular formula is C7H9N3O3. The number of nitrogens with zero attached hydrogens (tertiary/aromatic N) is 1. The molecule has 0 saturated carbocycles. The normalized spacial score (nSPS) is 12.1. The first-order chi connectivity index (χ1) is 6.11. The summed E-state index contributed by atoms with van der Waals surface area (Å²) in [4.78, 5) is 21.5. The molecule has 13 heavy (non-hydrogen) atoms. The van der Waals surface area contributed by atoms with Gasteiger partial charge in [0.25, 0.3) is 0 Å². The summed E-state index contributed by atoms with van der Waals surface area (Å²) >= 11 is 0. The van der Waals surface area contributed by atoms with Crippen LogP contribution in [0.25, 0.3) is 0 Å². The first kappa shape index (κ1) is 9.24. The van der Waals surface area contributed by atoms with E-state index < -0.39 is 17.8 Å². The van der Waals surface area contributed by atoms with Crippen LogP contribution in [0.4, 0.5) is 5.69 Å². The zero-order valence-electron chi connectivity index (χ0n) is 6.94. The van der Waals surface area contributed by atoms with Crippen molar-refractivity contribution in [3.05, 3.63) is 12.4 Å². The first-order valence-electron chi connectivity index (χ1n) is 3.63. The number of amides is 1. The Hall–Kier alpha value is -1.85. The van der Waals surface area contributed by atoms with Gasteiger partial charge in [0.2, 0.25) is 5.91 Å². The van der Waals surface area contributed by atoms with Gasteiger partial charge in [-0.15, -0.1) is 0 Å². The monoisotopic (exact) mass is 183 g/mol. The number of nitrogens with one attached hydrogen (secondary N) is 2. The minimum atomic E-state index is -1.15. The Morgan fingerprint density at radius 1 is 1.69 bits per heavy atom. The lowest BCUT2D eigenvalue weighted by atomic mass is 10.2. The topological polar surface area (TPSA) is 95.1 Å². The van der Waals surface area contributed by atoms with Crippen LogP contribution >= 0.6 is 0 Å². The summed E-state index contributed by atoms with van der Waals surface area (Å²) < 4.78 is 0. The van der Waals surface area contributed by atoms with E-state index in [4.69, 9.17) is 5.11 Å². The van der Waals surface area contributed by atoms with Crippen LogP contribution in [-0.2, 0) is 9.59 Å². The van der Waals surface area contributed by atoms with Crippen LogP contribution in [0.2, 0.25) is 0 Å². The summed E-state index contributed by atoms with van der Waals surface area (Å²) in [7, 11) is 0. The number of carbonyl (C=O) groups is 2. The lowest BCUT2D eigenvalue weighted by molar-refractivity contribution is -0.144. The summed E-state index contributed by atoms with van der Waals surface area (Å²) in [5, 5.41) is 17.0. The molecule has 1 aromatic rings. The molecule has 1 rings (SSSR count). The van der Waals surface area contributed by atoms with Crippen molar-refractivity contribution in [3.63, 3.8) is 0 Å². The van der Waals surface area contributed by atoms with E-state index in [1.165, 1.54) is 19.3 Å². The largest absolute Gasteiger partial charge is 0.481 e. The lowest BCUT2D eigenvalue weighted by Crippen LogP contribution is -2.26. The maximum atomic E-state index is 11.1. The van der Waals surface area contributed by atoms with Crippen LogP contribution in [0.1, 0.15) is 6.92 Å². The second kappa shape index (κ2) is 3.70. The number of anilines is 1. The summed E-state index contributed by atoms with van der Waals surface area (Å²) in [6.45, 7) is 1.32. The van der Waals surface area contributed by atoms with Crippen LogP contribution in [0.15, 0.2) is 12.4 Å². The fourth-order valence-corrected chi connectivity index (χ4v) is 0.682. The number of aromatic amines is 1. The number of hydrogen-bond donors (Lipinski definition) is 3. The molecule has 1 unspecified atom stereocenters. The fraction of sp³-hybridized carbons (Fsp3) is 0.286. The van der Waals surface area contributed by atoms with Crippen molar-refractivity contribution in [2.45, 2.75) is 6.92 Å². The van der Waals surface area contributed by atoms with Gasteiger partial charge in [0.05, 0.1) is 11.9 Å². The Kier molecular flexibility index (Phi) is 2.63. The first-order valence-corrected chi connectivity index (χ1v) is 3.63. The maximum Gasteiger partial charge on any atom is 0.315 e. The standard InChI is InChI=1S/C7H9N3O3/c1-4(7(12)13)6(11)10-5-2-8-9-3-5/h2-4H,1H3,(H,8,9)(H,10,11)(H,12,13). The minimum absolute atomic E-state index is 0.457. The molecule has 0 fully saturated rings. The van der Waals surface area contributed by atoms with Crippen molar-refractivity contribution in [3.8, 4) is 0 Å². The number of aromatic nitrogens is 2. The van der Waals surface area contributed by atoms with E-state index in [0.717, 1.165) is 0 Å². The number of hydrogen-bond acceptors (Lipinski definition) is 3. The molecule has 70 valence electrons. The van der Waals surface area contributed by atoms with Gasteiger partial charge in [-0.2, -0.15) is 5.10 Å². The van der Waals surface area contributed by atoms with Gasteiger partial charge in [-0.1, -0.05) is 0 Å². The molecule has 3 N–H and O–H groups in total. The second-order valence-electron chi connectivity index (χ2n) is 2.54. The zero-order valence-corrected chi connectivity index (χ0v) is 6.94. The SMILES string of the molecule is CC(C(=O)O)C(=O)Nc1cn[nH]c1. The molecule has 1 amide bonds. The number of H-pyrrole nitrogens is 1. The van der Waals surface area contributed by atoms with Crippen molar-refractivity contribution in [1.29, 1.82) is 0 Å². The van der Waals surface area contributed by atoms with Crippen LogP contribution in [0.5, 0.6) is 0 Å². The minimum Gasteiger partial charge on any atom is -0.481 e. The van der Waals surface area contributed by atoms with Crippen molar-refractivity contribution in [2.24, 2.45) is 5.92 Å². The average Bonchev–Trinajstić information content (AvgIpc) is 2.55. The number of carboxylic acid groups (broad SMARTS) is 1. The fourth-order valence-electron chi connectivity index (χ4n) is 0.682. The molecule has 0 aliphatic heterocycles. The Bertz CT molecular complexity index is 307.